The summed E-state index contributed by atoms with van der Waals surface area (Å²) in [7, 11) is -20.5. The summed E-state index contributed by atoms with van der Waals surface area (Å²) in [6, 6.07) is 10.3. The fraction of sp³-hybridized carbons (Fsp3) is 0.0800. The Morgan fingerprint density at radius 3 is 1.75 bits per heavy atom. The van der Waals surface area contributed by atoms with Gasteiger partial charge in [-0.15, -0.1) is 0 Å². The van der Waals surface area contributed by atoms with Gasteiger partial charge in [0.1, 0.15) is 9.79 Å². The van der Waals surface area contributed by atoms with Crippen molar-refractivity contribution in [3.63, 3.8) is 0 Å². The third kappa shape index (κ3) is 6.83. The van der Waals surface area contributed by atoms with Crippen LogP contribution in [-0.2, 0) is 40.4 Å². The Labute approximate surface area is 252 Å². The standard InChI is InChI=1S/C25H23N3O12S4/c1-13-3-5-18(19(26)7-13)25(29)27-20-8-14(2)4-6-22(20)41(30,31)28-21-11-16(42(32,33)34)9-15-10-17(43(35,36)37)12-23(24(15)21)44(38,39)40/h3-12,28H,26H2,1-2H3,(H,27,29)(H,32,33,34)(H,35,36,37)(H,38,39,40). The average Bonchev–Trinajstić information content (AvgIpc) is 2.85. The van der Waals surface area contributed by atoms with Gasteiger partial charge in [0, 0.05) is 11.1 Å². The number of carbonyl (C=O) groups excluding carboxylic acids is 1. The Hall–Kier alpha value is -4.11. The zero-order chi connectivity index (χ0) is 33.0. The van der Waals surface area contributed by atoms with Crippen molar-refractivity contribution < 1.29 is 52.1 Å². The second kappa shape index (κ2) is 11.1. The Morgan fingerprint density at radius 2 is 1.20 bits per heavy atom. The Balaban J connectivity index is 1.95. The molecule has 0 aromatic heterocycles. The van der Waals surface area contributed by atoms with Crippen molar-refractivity contribution in [3.05, 3.63) is 77.4 Å². The van der Waals surface area contributed by atoms with Crippen LogP contribution in [0.2, 0.25) is 0 Å². The maximum absolute atomic E-state index is 13.7. The molecule has 0 aliphatic heterocycles. The smallest absolute Gasteiger partial charge is 0.295 e. The van der Waals surface area contributed by atoms with E-state index in [0.29, 0.717) is 29.8 Å². The van der Waals surface area contributed by atoms with E-state index in [1.807, 2.05) is 4.72 Å². The average molecular weight is 686 g/mol. The van der Waals surface area contributed by atoms with Crippen LogP contribution in [0.4, 0.5) is 17.1 Å². The van der Waals surface area contributed by atoms with Crippen LogP contribution < -0.4 is 15.8 Å². The molecular formula is C25H23N3O12S4. The first-order chi connectivity index (χ1) is 20.1. The molecular weight excluding hydrogens is 663 g/mol. The van der Waals surface area contributed by atoms with Crippen LogP contribution in [0.25, 0.3) is 10.8 Å². The van der Waals surface area contributed by atoms with Crippen molar-refractivity contribution in [1.29, 1.82) is 0 Å². The lowest BCUT2D eigenvalue weighted by Crippen LogP contribution is -2.20. The molecule has 4 aromatic rings. The number of sulfonamides is 1. The summed E-state index contributed by atoms with van der Waals surface area (Å²) in [5.41, 5.74) is 6.22. The zero-order valence-corrected chi connectivity index (χ0v) is 25.8. The molecule has 0 radical (unpaired) electrons. The third-order valence-electron chi connectivity index (χ3n) is 6.20. The van der Waals surface area contributed by atoms with Crippen molar-refractivity contribution in [2.75, 3.05) is 15.8 Å². The van der Waals surface area contributed by atoms with Gasteiger partial charge < -0.3 is 11.1 Å². The van der Waals surface area contributed by atoms with Crippen LogP contribution in [0.3, 0.4) is 0 Å². The van der Waals surface area contributed by atoms with E-state index in [0.717, 1.165) is 11.6 Å². The van der Waals surface area contributed by atoms with Crippen molar-refractivity contribution in [3.8, 4) is 0 Å². The quantitative estimate of drug-likeness (QED) is 0.115. The van der Waals surface area contributed by atoms with Gasteiger partial charge in [-0.3, -0.25) is 23.2 Å². The molecule has 7 N–H and O–H groups in total. The summed E-state index contributed by atoms with van der Waals surface area (Å²) in [5, 5.41) is 1.10. The number of benzene rings is 4. The Morgan fingerprint density at radius 1 is 0.659 bits per heavy atom. The van der Waals surface area contributed by atoms with Gasteiger partial charge in [-0.1, -0.05) is 12.1 Å². The number of anilines is 3. The highest BCUT2D eigenvalue weighted by atomic mass is 32.2. The highest BCUT2D eigenvalue weighted by Gasteiger charge is 2.28. The summed E-state index contributed by atoms with van der Waals surface area (Å²) < 4.78 is 131. The monoisotopic (exact) mass is 685 g/mol. The number of fused-ring (bicyclic) bond motifs is 1. The Bertz CT molecular complexity index is 2310. The van der Waals surface area contributed by atoms with E-state index in [4.69, 9.17) is 5.73 Å². The molecule has 0 bridgehead atoms. The molecule has 0 aliphatic carbocycles. The molecule has 44 heavy (non-hydrogen) atoms. The third-order valence-corrected chi connectivity index (χ3v) is 10.2. The molecule has 0 fully saturated rings. The number of amides is 1. The van der Waals surface area contributed by atoms with E-state index in [-0.39, 0.29) is 16.9 Å². The number of carbonyl (C=O) groups is 1. The molecule has 0 unspecified atom stereocenters. The molecule has 0 atom stereocenters. The van der Waals surface area contributed by atoms with Gasteiger partial charge in [-0.05, 0) is 78.9 Å². The second-order valence-electron chi connectivity index (χ2n) is 9.57. The van der Waals surface area contributed by atoms with Crippen LogP contribution in [0.1, 0.15) is 21.5 Å². The van der Waals surface area contributed by atoms with Gasteiger partial charge in [0.05, 0.1) is 26.7 Å². The Kier molecular flexibility index (Phi) is 8.28. The van der Waals surface area contributed by atoms with E-state index in [9.17, 15) is 52.1 Å². The maximum Gasteiger partial charge on any atom is 0.295 e. The van der Waals surface area contributed by atoms with Gasteiger partial charge in [-0.2, -0.15) is 25.3 Å². The molecule has 4 aromatic carbocycles. The SMILES string of the molecule is Cc1ccc(C(=O)Nc2cc(C)ccc2S(=O)(=O)Nc2cc(S(=O)(=O)O)cc3cc(S(=O)(=O)O)cc(S(=O)(=O)O)c23)c(N)c1. The lowest BCUT2D eigenvalue weighted by molar-refractivity contribution is 0.102. The molecule has 0 spiro atoms. The highest BCUT2D eigenvalue weighted by molar-refractivity contribution is 7.93. The van der Waals surface area contributed by atoms with Crippen LogP contribution in [0.15, 0.2) is 80.2 Å². The maximum atomic E-state index is 13.7. The minimum absolute atomic E-state index is 0.0210. The number of aryl methyl sites for hydroxylation is 2. The normalized spacial score (nSPS) is 12.7. The zero-order valence-electron chi connectivity index (χ0n) is 22.5. The fourth-order valence-corrected chi connectivity index (χ4v) is 7.39. The topological polar surface area (TPSA) is 264 Å². The highest BCUT2D eigenvalue weighted by Crippen LogP contribution is 2.37. The molecule has 234 valence electrons. The molecule has 0 saturated heterocycles. The number of nitrogen functional groups attached to an aromatic ring is 1. The van der Waals surface area contributed by atoms with E-state index < -0.39 is 82.3 Å². The van der Waals surface area contributed by atoms with Crippen molar-refractivity contribution in [2.24, 2.45) is 0 Å². The van der Waals surface area contributed by atoms with Crippen LogP contribution in [-0.4, -0.2) is 53.2 Å². The van der Waals surface area contributed by atoms with Gasteiger partial charge in [0.2, 0.25) is 0 Å². The molecule has 0 saturated carbocycles. The number of nitrogens with one attached hydrogen (secondary N) is 2. The predicted molar refractivity (Wildman–Crippen MR) is 159 cm³/mol. The first-order valence-corrected chi connectivity index (χ1v) is 17.7. The van der Waals surface area contributed by atoms with Crippen LogP contribution in [0.5, 0.6) is 0 Å². The molecule has 19 heteroatoms. The predicted octanol–water partition coefficient (Wildman–Crippen LogP) is 2.83. The number of hydrogen-bond acceptors (Lipinski definition) is 10. The second-order valence-corrected chi connectivity index (χ2v) is 15.4. The van der Waals surface area contributed by atoms with Crippen molar-refractivity contribution >= 4 is 74.1 Å². The summed E-state index contributed by atoms with van der Waals surface area (Å²) in [6.07, 6.45) is 0. The lowest BCUT2D eigenvalue weighted by atomic mass is 10.1. The number of hydrogen-bond donors (Lipinski definition) is 6. The minimum atomic E-state index is -5.36. The number of nitrogens with two attached hydrogens (primary N) is 1. The van der Waals surface area contributed by atoms with Gasteiger partial charge in [-0.25, -0.2) is 8.42 Å². The van der Waals surface area contributed by atoms with E-state index in [1.165, 1.54) is 24.3 Å². The molecule has 15 nitrogen and oxygen atoms in total. The summed E-state index contributed by atoms with van der Waals surface area (Å²) in [5.74, 6) is -0.783. The van der Waals surface area contributed by atoms with Gasteiger partial charge >= 0.3 is 0 Å². The number of rotatable bonds is 8. The molecule has 0 heterocycles. The van der Waals surface area contributed by atoms with E-state index in [2.05, 4.69) is 5.32 Å². The summed E-state index contributed by atoms with van der Waals surface area (Å²) in [4.78, 5) is 9.10. The van der Waals surface area contributed by atoms with E-state index in [1.54, 1.807) is 19.9 Å². The van der Waals surface area contributed by atoms with E-state index >= 15 is 0 Å². The minimum Gasteiger partial charge on any atom is -0.398 e. The summed E-state index contributed by atoms with van der Waals surface area (Å²) in [6.45, 7) is 3.33. The largest absolute Gasteiger partial charge is 0.398 e. The van der Waals surface area contributed by atoms with Gasteiger partial charge in [0.25, 0.3) is 46.3 Å². The lowest BCUT2D eigenvalue weighted by Gasteiger charge is -2.17. The molecule has 0 aliphatic rings. The first kappa shape index (κ1) is 32.8. The van der Waals surface area contributed by atoms with Crippen LogP contribution in [0, 0.1) is 13.8 Å². The fourth-order valence-electron chi connectivity index (χ4n) is 4.26. The van der Waals surface area contributed by atoms with Gasteiger partial charge in [0.15, 0.2) is 0 Å². The van der Waals surface area contributed by atoms with Crippen LogP contribution >= 0.6 is 0 Å². The molecule has 4 rings (SSSR count). The summed E-state index contributed by atoms with van der Waals surface area (Å²) >= 11 is 0. The molecule has 1 amide bonds. The van der Waals surface area contributed by atoms with Crippen molar-refractivity contribution in [1.82, 2.24) is 0 Å². The first-order valence-electron chi connectivity index (χ1n) is 11.9. The van der Waals surface area contributed by atoms with Crippen molar-refractivity contribution in [2.45, 2.75) is 33.4 Å².